The molecule has 0 atom stereocenters. The van der Waals surface area contributed by atoms with Crippen LogP contribution in [0.2, 0.25) is 0 Å². The second-order valence-electron chi connectivity index (χ2n) is 7.20. The first-order valence-electron chi connectivity index (χ1n) is 9.68. The summed E-state index contributed by atoms with van der Waals surface area (Å²) in [4.78, 5) is 12.9. The van der Waals surface area contributed by atoms with Crippen LogP contribution in [0.3, 0.4) is 0 Å². The van der Waals surface area contributed by atoms with Gasteiger partial charge in [-0.05, 0) is 37.1 Å². The third-order valence-electron chi connectivity index (χ3n) is 4.82. The Kier molecular flexibility index (Phi) is 6.87. The highest BCUT2D eigenvalue weighted by molar-refractivity contribution is 7.92. The normalized spacial score (nSPS) is 15.3. The van der Waals surface area contributed by atoms with Crippen molar-refractivity contribution in [1.82, 2.24) is 4.31 Å². The Morgan fingerprint density at radius 1 is 1.00 bits per heavy atom. The lowest BCUT2D eigenvalue weighted by molar-refractivity contribution is 0.102. The van der Waals surface area contributed by atoms with Gasteiger partial charge in [-0.1, -0.05) is 18.6 Å². The number of benzene rings is 2. The predicted molar refractivity (Wildman–Crippen MR) is 118 cm³/mol. The molecule has 0 saturated carbocycles. The molecule has 2 aromatic rings. The highest BCUT2D eigenvalue weighted by Gasteiger charge is 2.29. The lowest BCUT2D eigenvalue weighted by Crippen LogP contribution is -2.36. The van der Waals surface area contributed by atoms with Gasteiger partial charge in [0, 0.05) is 24.8 Å². The Balaban J connectivity index is 1.88. The van der Waals surface area contributed by atoms with Crippen molar-refractivity contribution >= 4 is 37.3 Å². The zero-order valence-corrected chi connectivity index (χ0v) is 18.9. The monoisotopic (exact) mass is 467 g/mol. The fourth-order valence-corrected chi connectivity index (χ4v) is 5.65. The minimum absolute atomic E-state index is 0.0328. The van der Waals surface area contributed by atoms with Crippen LogP contribution in [-0.4, -0.2) is 53.5 Å². The number of rotatable bonds is 7. The third kappa shape index (κ3) is 5.54. The second-order valence-corrected chi connectivity index (χ2v) is 10.9. The van der Waals surface area contributed by atoms with Crippen molar-refractivity contribution in [2.75, 3.05) is 36.5 Å². The highest BCUT2D eigenvalue weighted by atomic mass is 32.2. The van der Waals surface area contributed by atoms with E-state index in [0.29, 0.717) is 18.8 Å². The number of carbonyl (C=O) groups excluding carboxylic acids is 1. The third-order valence-corrected chi connectivity index (χ3v) is 7.37. The lowest BCUT2D eigenvalue weighted by atomic mass is 10.2. The fourth-order valence-electron chi connectivity index (χ4n) is 3.37. The van der Waals surface area contributed by atoms with Crippen LogP contribution in [0.5, 0.6) is 5.75 Å². The Morgan fingerprint density at radius 2 is 1.68 bits per heavy atom. The molecule has 1 aliphatic rings. The summed E-state index contributed by atoms with van der Waals surface area (Å²) in [6.07, 6.45) is 3.59. The van der Waals surface area contributed by atoms with Gasteiger partial charge in [-0.2, -0.15) is 4.31 Å². The van der Waals surface area contributed by atoms with Crippen LogP contribution in [0.4, 0.5) is 11.4 Å². The maximum Gasteiger partial charge on any atom is 0.257 e. The minimum Gasteiger partial charge on any atom is -0.494 e. The summed E-state index contributed by atoms with van der Waals surface area (Å²) in [5.74, 6) is -0.389. The van der Waals surface area contributed by atoms with Crippen molar-refractivity contribution in [1.29, 1.82) is 0 Å². The highest BCUT2D eigenvalue weighted by Crippen LogP contribution is 2.30. The molecule has 2 aromatic carbocycles. The van der Waals surface area contributed by atoms with Crippen molar-refractivity contribution in [3.8, 4) is 5.75 Å². The van der Waals surface area contributed by atoms with Crippen LogP contribution in [-0.2, 0) is 20.0 Å². The number of hydrogen-bond acceptors (Lipinski definition) is 6. The molecule has 0 radical (unpaired) electrons. The number of carbonyl (C=O) groups is 1. The van der Waals surface area contributed by atoms with Gasteiger partial charge in [-0.3, -0.25) is 9.52 Å². The van der Waals surface area contributed by atoms with Crippen LogP contribution < -0.4 is 14.8 Å². The van der Waals surface area contributed by atoms with Crippen molar-refractivity contribution in [3.63, 3.8) is 0 Å². The first-order chi connectivity index (χ1) is 14.6. The SMILES string of the molecule is COc1cc(NC(=O)c2ccccc2S(=O)(=O)N2CCCCC2)ccc1NS(C)(=O)=O. The first kappa shape index (κ1) is 23.0. The molecule has 1 saturated heterocycles. The molecule has 11 heteroatoms. The Labute approximate surface area is 182 Å². The second kappa shape index (κ2) is 9.25. The topological polar surface area (TPSA) is 122 Å². The van der Waals surface area contributed by atoms with E-state index in [-0.39, 0.29) is 21.9 Å². The summed E-state index contributed by atoms with van der Waals surface area (Å²) in [6, 6.07) is 10.5. The molecule has 1 fully saturated rings. The number of ether oxygens (including phenoxy) is 1. The molecule has 168 valence electrons. The summed E-state index contributed by atoms with van der Waals surface area (Å²) in [6.45, 7) is 0.870. The van der Waals surface area contributed by atoms with Crippen LogP contribution >= 0.6 is 0 Å². The van der Waals surface area contributed by atoms with Gasteiger partial charge in [0.05, 0.1) is 29.5 Å². The molecule has 3 rings (SSSR count). The Hall–Kier alpha value is -2.63. The molecular weight excluding hydrogens is 442 g/mol. The van der Waals surface area contributed by atoms with Crippen molar-refractivity contribution in [2.45, 2.75) is 24.2 Å². The molecule has 0 aliphatic carbocycles. The quantitative estimate of drug-likeness (QED) is 0.645. The number of nitrogens with one attached hydrogen (secondary N) is 2. The fraction of sp³-hybridized carbons (Fsp3) is 0.350. The van der Waals surface area contributed by atoms with Gasteiger partial charge in [0.15, 0.2) is 0 Å². The number of piperidine rings is 1. The zero-order valence-electron chi connectivity index (χ0n) is 17.3. The van der Waals surface area contributed by atoms with Gasteiger partial charge in [0.25, 0.3) is 5.91 Å². The van der Waals surface area contributed by atoms with E-state index in [2.05, 4.69) is 10.0 Å². The number of sulfonamides is 2. The molecular formula is C20H25N3O6S2. The number of hydrogen-bond donors (Lipinski definition) is 2. The molecule has 1 amide bonds. The van der Waals surface area contributed by atoms with Gasteiger partial charge in [-0.25, -0.2) is 16.8 Å². The van der Waals surface area contributed by atoms with E-state index in [1.165, 1.54) is 41.7 Å². The van der Waals surface area contributed by atoms with Crippen LogP contribution in [0.15, 0.2) is 47.4 Å². The van der Waals surface area contributed by atoms with E-state index in [0.717, 1.165) is 25.5 Å². The molecule has 9 nitrogen and oxygen atoms in total. The number of nitrogens with zero attached hydrogens (tertiary/aromatic N) is 1. The van der Waals surface area contributed by atoms with Crippen LogP contribution in [0, 0.1) is 0 Å². The van der Waals surface area contributed by atoms with Crippen molar-refractivity contribution in [2.24, 2.45) is 0 Å². The smallest absolute Gasteiger partial charge is 0.257 e. The maximum atomic E-state index is 13.1. The van der Waals surface area contributed by atoms with E-state index in [1.54, 1.807) is 12.1 Å². The summed E-state index contributed by atoms with van der Waals surface area (Å²) in [5, 5.41) is 2.66. The predicted octanol–water partition coefficient (Wildman–Crippen LogP) is 2.49. The molecule has 0 bridgehead atoms. The van der Waals surface area contributed by atoms with E-state index >= 15 is 0 Å². The molecule has 1 heterocycles. The van der Waals surface area contributed by atoms with E-state index < -0.39 is 26.0 Å². The molecule has 0 aromatic heterocycles. The number of anilines is 2. The maximum absolute atomic E-state index is 13.1. The summed E-state index contributed by atoms with van der Waals surface area (Å²) in [5.41, 5.74) is 0.576. The largest absolute Gasteiger partial charge is 0.494 e. The summed E-state index contributed by atoms with van der Waals surface area (Å²) in [7, 11) is -5.94. The van der Waals surface area contributed by atoms with Crippen LogP contribution in [0.1, 0.15) is 29.6 Å². The van der Waals surface area contributed by atoms with Gasteiger partial charge in [0.2, 0.25) is 20.0 Å². The first-order valence-corrected chi connectivity index (χ1v) is 13.0. The Bertz CT molecular complexity index is 1170. The minimum atomic E-state index is -3.80. The average Bonchev–Trinajstić information content (AvgIpc) is 2.74. The van der Waals surface area contributed by atoms with Gasteiger partial charge in [0.1, 0.15) is 5.75 Å². The molecule has 31 heavy (non-hydrogen) atoms. The van der Waals surface area contributed by atoms with Gasteiger partial charge < -0.3 is 10.1 Å². The van der Waals surface area contributed by atoms with E-state index in [4.69, 9.17) is 4.74 Å². The molecule has 0 spiro atoms. The number of amides is 1. The zero-order chi connectivity index (χ0) is 22.6. The molecule has 1 aliphatic heterocycles. The average molecular weight is 468 g/mol. The number of methoxy groups -OCH3 is 1. The van der Waals surface area contributed by atoms with Crippen LogP contribution in [0.25, 0.3) is 0 Å². The van der Waals surface area contributed by atoms with Crippen molar-refractivity contribution in [3.05, 3.63) is 48.0 Å². The standard InChI is InChI=1S/C20H25N3O6S2/c1-29-18-14-15(10-11-17(18)22-30(2,25)26)21-20(24)16-8-4-5-9-19(16)31(27,28)23-12-6-3-7-13-23/h4-5,8-11,14,22H,3,6-7,12-13H2,1-2H3,(H,21,24). The summed E-state index contributed by atoms with van der Waals surface area (Å²) >= 11 is 0. The molecule has 0 unspecified atom stereocenters. The van der Waals surface area contributed by atoms with Gasteiger partial charge in [-0.15, -0.1) is 0 Å². The lowest BCUT2D eigenvalue weighted by Gasteiger charge is -2.26. The molecule has 2 N–H and O–H groups in total. The van der Waals surface area contributed by atoms with E-state index in [1.807, 2.05) is 0 Å². The Morgan fingerprint density at radius 3 is 2.32 bits per heavy atom. The van der Waals surface area contributed by atoms with Gasteiger partial charge >= 0.3 is 0 Å². The van der Waals surface area contributed by atoms with E-state index in [9.17, 15) is 21.6 Å². The summed E-state index contributed by atoms with van der Waals surface area (Å²) < 4.78 is 58.1. The van der Waals surface area contributed by atoms with Crippen molar-refractivity contribution < 1.29 is 26.4 Å².